The number of benzene rings is 2. The largest absolute Gasteiger partial charge is 0.454 e. The Kier molecular flexibility index (Phi) is 10.1. The maximum absolute atomic E-state index is 14.8. The fourth-order valence-corrected chi connectivity index (χ4v) is 6.45. The van der Waals surface area contributed by atoms with Crippen molar-refractivity contribution in [3.63, 3.8) is 0 Å². The first kappa shape index (κ1) is 34.9. The number of halogens is 3. The molecule has 2 aliphatic rings. The molecule has 50 heavy (non-hydrogen) atoms. The Bertz CT molecular complexity index is 1870. The first-order chi connectivity index (χ1) is 23.9. The number of ether oxygens (including phenoxy) is 1. The topological polar surface area (TPSA) is 108 Å². The Morgan fingerprint density at radius 2 is 1.76 bits per heavy atom. The van der Waals surface area contributed by atoms with Gasteiger partial charge in [0.25, 0.3) is 11.8 Å². The molecule has 0 saturated carbocycles. The Hall–Kier alpha value is -4.95. The monoisotopic (exact) mass is 690 g/mol. The van der Waals surface area contributed by atoms with Gasteiger partial charge in [0.05, 0.1) is 24.0 Å². The number of rotatable bonds is 9. The third-order valence-electron chi connectivity index (χ3n) is 9.31. The van der Waals surface area contributed by atoms with E-state index in [2.05, 4.69) is 37.4 Å². The molecular weight excluding hydrogens is 649 g/mol. The number of carbonyl (C=O) groups excluding carboxylic acids is 2. The standard InChI is InChI=1S/C36H41F3N8O3/c1-5-45-12-14-46(15-13-45)22-25-6-8-27(16-30(25)36(3,38)39)42-35(49)47-11-10-24-7-9-28(17-29(24)23(47)2)50-32-18-33(40-20-31(32)37)43-34(48)26-19-41-44(4)21-26/h6-9,16-21,23H,5,10-15,22H2,1-4H3,(H,42,49)(H,40,43,48)/t23-/m0/s1. The number of hydrogen-bond donors (Lipinski definition) is 2. The first-order valence-corrected chi connectivity index (χ1v) is 16.7. The fraction of sp³-hybridized carbons (Fsp3) is 0.389. The molecule has 0 radical (unpaired) electrons. The van der Waals surface area contributed by atoms with Crippen LogP contribution in [0.25, 0.3) is 0 Å². The summed E-state index contributed by atoms with van der Waals surface area (Å²) in [6.45, 7) is 10.1. The van der Waals surface area contributed by atoms with E-state index in [-0.39, 0.29) is 17.1 Å². The normalized spacial score (nSPS) is 16.9. The van der Waals surface area contributed by atoms with E-state index in [1.54, 1.807) is 42.4 Å². The van der Waals surface area contributed by atoms with Gasteiger partial charge in [-0.1, -0.05) is 19.1 Å². The van der Waals surface area contributed by atoms with Crippen molar-refractivity contribution in [1.82, 2.24) is 29.5 Å². The molecule has 1 atom stereocenters. The highest BCUT2D eigenvalue weighted by atomic mass is 19.3. The lowest BCUT2D eigenvalue weighted by atomic mass is 9.93. The lowest BCUT2D eigenvalue weighted by Gasteiger charge is -2.35. The van der Waals surface area contributed by atoms with Crippen LogP contribution in [0.4, 0.5) is 29.5 Å². The summed E-state index contributed by atoms with van der Waals surface area (Å²) in [5.41, 5.74) is 2.86. The van der Waals surface area contributed by atoms with Crippen LogP contribution in [-0.2, 0) is 25.9 Å². The number of urea groups is 1. The van der Waals surface area contributed by atoms with Crippen molar-refractivity contribution in [2.24, 2.45) is 7.05 Å². The van der Waals surface area contributed by atoms with E-state index in [1.165, 1.54) is 23.0 Å². The molecule has 4 aromatic rings. The molecule has 264 valence electrons. The average Bonchev–Trinajstić information content (AvgIpc) is 3.53. The van der Waals surface area contributed by atoms with E-state index < -0.39 is 29.7 Å². The molecule has 0 bridgehead atoms. The first-order valence-electron chi connectivity index (χ1n) is 16.7. The van der Waals surface area contributed by atoms with Crippen molar-refractivity contribution in [2.45, 2.75) is 45.7 Å². The molecule has 3 amide bonds. The van der Waals surface area contributed by atoms with Crippen molar-refractivity contribution in [3.05, 3.63) is 94.7 Å². The summed E-state index contributed by atoms with van der Waals surface area (Å²) in [4.78, 5) is 36.2. The van der Waals surface area contributed by atoms with Gasteiger partial charge in [-0.3, -0.25) is 14.4 Å². The SMILES string of the molecule is CCN1CCN(Cc2ccc(NC(=O)N3CCc4ccc(Oc5cc(NC(=O)c6cnn(C)c6)ncc5F)cc4[C@@H]3C)cc2C(C)(F)F)CC1. The van der Waals surface area contributed by atoms with Crippen LogP contribution in [-0.4, -0.2) is 80.7 Å². The predicted molar refractivity (Wildman–Crippen MR) is 183 cm³/mol. The Labute approximate surface area is 289 Å². The summed E-state index contributed by atoms with van der Waals surface area (Å²) in [7, 11) is 1.69. The van der Waals surface area contributed by atoms with Crippen LogP contribution in [0.2, 0.25) is 0 Å². The number of nitrogens with zero attached hydrogens (tertiary/aromatic N) is 6. The van der Waals surface area contributed by atoms with Crippen molar-refractivity contribution in [2.75, 3.05) is 49.9 Å². The van der Waals surface area contributed by atoms with Gasteiger partial charge in [0, 0.05) is 76.8 Å². The molecular formula is C36H41F3N8O3. The zero-order chi connectivity index (χ0) is 35.6. The van der Waals surface area contributed by atoms with Crippen molar-refractivity contribution in [1.29, 1.82) is 0 Å². The molecule has 4 heterocycles. The molecule has 0 aliphatic carbocycles. The quantitative estimate of drug-likeness (QED) is 0.209. The number of nitrogens with one attached hydrogen (secondary N) is 2. The summed E-state index contributed by atoms with van der Waals surface area (Å²) in [5.74, 6) is -3.99. The molecule has 1 fully saturated rings. The van der Waals surface area contributed by atoms with E-state index >= 15 is 0 Å². The van der Waals surface area contributed by atoms with Crippen LogP contribution < -0.4 is 15.4 Å². The number of pyridine rings is 1. The minimum atomic E-state index is -3.09. The van der Waals surface area contributed by atoms with E-state index in [9.17, 15) is 22.8 Å². The van der Waals surface area contributed by atoms with Crippen molar-refractivity contribution >= 4 is 23.4 Å². The van der Waals surface area contributed by atoms with Crippen molar-refractivity contribution in [3.8, 4) is 11.5 Å². The molecule has 2 N–H and O–H groups in total. The number of aryl methyl sites for hydroxylation is 1. The van der Waals surface area contributed by atoms with Gasteiger partial charge in [-0.2, -0.15) is 5.10 Å². The highest BCUT2D eigenvalue weighted by molar-refractivity contribution is 6.03. The predicted octanol–water partition coefficient (Wildman–Crippen LogP) is 6.40. The van der Waals surface area contributed by atoms with Crippen LogP contribution >= 0.6 is 0 Å². The number of aromatic nitrogens is 3. The molecule has 2 aliphatic heterocycles. The van der Waals surface area contributed by atoms with Gasteiger partial charge in [0.15, 0.2) is 11.6 Å². The Morgan fingerprint density at radius 3 is 2.46 bits per heavy atom. The molecule has 14 heteroatoms. The van der Waals surface area contributed by atoms with Crippen LogP contribution in [0, 0.1) is 5.82 Å². The number of likely N-dealkylation sites (N-methyl/N-ethyl adjacent to an activating group) is 1. The molecule has 11 nitrogen and oxygen atoms in total. The minimum Gasteiger partial charge on any atom is -0.454 e. The zero-order valence-electron chi connectivity index (χ0n) is 28.5. The maximum atomic E-state index is 14.8. The molecule has 1 saturated heterocycles. The third kappa shape index (κ3) is 7.92. The molecule has 0 unspecified atom stereocenters. The summed E-state index contributed by atoms with van der Waals surface area (Å²) in [5, 5.41) is 9.42. The van der Waals surface area contributed by atoms with E-state index in [1.807, 2.05) is 13.0 Å². The lowest BCUT2D eigenvalue weighted by molar-refractivity contribution is 0.0155. The maximum Gasteiger partial charge on any atom is 0.322 e. The Balaban J connectivity index is 1.13. The van der Waals surface area contributed by atoms with Gasteiger partial charge in [-0.25, -0.2) is 22.9 Å². The minimum absolute atomic E-state index is 0.0938. The second-order valence-corrected chi connectivity index (χ2v) is 12.8. The van der Waals surface area contributed by atoms with Gasteiger partial charge in [0.1, 0.15) is 11.6 Å². The van der Waals surface area contributed by atoms with Crippen LogP contribution in [0.5, 0.6) is 11.5 Å². The number of fused-ring (bicyclic) bond motifs is 1. The molecule has 2 aromatic carbocycles. The number of piperazine rings is 1. The third-order valence-corrected chi connectivity index (χ3v) is 9.31. The van der Waals surface area contributed by atoms with Crippen LogP contribution in [0.1, 0.15) is 59.4 Å². The fourth-order valence-electron chi connectivity index (χ4n) is 6.45. The number of amides is 3. The van der Waals surface area contributed by atoms with Gasteiger partial charge in [0.2, 0.25) is 0 Å². The zero-order valence-corrected chi connectivity index (χ0v) is 28.5. The van der Waals surface area contributed by atoms with Gasteiger partial charge in [-0.05, 0) is 60.8 Å². The summed E-state index contributed by atoms with van der Waals surface area (Å²) in [6, 6.07) is 10.5. The van der Waals surface area contributed by atoms with Gasteiger partial charge < -0.3 is 25.2 Å². The van der Waals surface area contributed by atoms with E-state index in [4.69, 9.17) is 4.74 Å². The van der Waals surface area contributed by atoms with Gasteiger partial charge in [-0.15, -0.1) is 0 Å². The number of alkyl halides is 2. The highest BCUT2D eigenvalue weighted by Gasteiger charge is 2.31. The highest BCUT2D eigenvalue weighted by Crippen LogP contribution is 2.36. The average molecular weight is 691 g/mol. The Morgan fingerprint density at radius 1 is 1.00 bits per heavy atom. The summed E-state index contributed by atoms with van der Waals surface area (Å²) >= 11 is 0. The molecule has 6 rings (SSSR count). The van der Waals surface area contributed by atoms with Crippen molar-refractivity contribution < 1.29 is 27.5 Å². The van der Waals surface area contributed by atoms with E-state index in [0.717, 1.165) is 57.0 Å². The van der Waals surface area contributed by atoms with Gasteiger partial charge >= 0.3 is 6.03 Å². The second kappa shape index (κ2) is 14.5. The summed E-state index contributed by atoms with van der Waals surface area (Å²) in [6.07, 6.45) is 4.47. The van der Waals surface area contributed by atoms with Crippen LogP contribution in [0.15, 0.2) is 61.1 Å². The number of carbonyl (C=O) groups is 2. The second-order valence-electron chi connectivity index (χ2n) is 12.8. The number of hydrogen-bond acceptors (Lipinski definition) is 7. The molecule has 0 spiro atoms. The lowest BCUT2D eigenvalue weighted by Crippen LogP contribution is -2.45. The summed E-state index contributed by atoms with van der Waals surface area (Å²) < 4.78 is 51.8. The molecule has 2 aromatic heterocycles. The smallest absolute Gasteiger partial charge is 0.322 e. The van der Waals surface area contributed by atoms with Crippen LogP contribution in [0.3, 0.4) is 0 Å². The van der Waals surface area contributed by atoms with E-state index in [0.29, 0.717) is 42.1 Å². The number of anilines is 2.